The van der Waals surface area contributed by atoms with Gasteiger partial charge in [-0.15, -0.1) is 0 Å². The zero-order valence-corrected chi connectivity index (χ0v) is 9.43. The van der Waals surface area contributed by atoms with Crippen molar-refractivity contribution in [3.8, 4) is 0 Å². The van der Waals surface area contributed by atoms with Crippen molar-refractivity contribution in [2.24, 2.45) is 0 Å². The van der Waals surface area contributed by atoms with Crippen molar-refractivity contribution in [3.63, 3.8) is 0 Å². The van der Waals surface area contributed by atoms with Crippen molar-refractivity contribution in [1.29, 1.82) is 0 Å². The first-order chi connectivity index (χ1) is 7.65. The van der Waals surface area contributed by atoms with Crippen LogP contribution in [0.1, 0.15) is 0 Å². The molecule has 16 heavy (non-hydrogen) atoms. The van der Waals surface area contributed by atoms with Crippen LogP contribution >= 0.6 is 0 Å². The van der Waals surface area contributed by atoms with E-state index in [0.717, 1.165) is 5.69 Å². The van der Waals surface area contributed by atoms with Gasteiger partial charge >= 0.3 is 6.09 Å². The average molecular weight is 224 g/mol. The predicted molar refractivity (Wildman–Crippen MR) is 62.8 cm³/mol. The molecule has 0 aliphatic rings. The normalized spacial score (nSPS) is 9.69. The van der Waals surface area contributed by atoms with Crippen LogP contribution in [0.25, 0.3) is 0 Å². The minimum absolute atomic E-state index is 0.00400. The highest BCUT2D eigenvalue weighted by atomic mass is 16.6. The first-order valence-electron chi connectivity index (χ1n) is 4.96. The molecule has 5 heteroatoms. The number of hydrogen-bond acceptors (Lipinski definition) is 4. The summed E-state index contributed by atoms with van der Waals surface area (Å²) in [5.74, 6) is 0. The predicted octanol–water partition coefficient (Wildman–Crippen LogP) is 1.29. The van der Waals surface area contributed by atoms with Crippen LogP contribution in [0.4, 0.5) is 16.2 Å². The molecule has 1 amide bonds. The largest absolute Gasteiger partial charge is 0.447 e. The molecule has 2 N–H and O–H groups in total. The van der Waals surface area contributed by atoms with E-state index in [0.29, 0.717) is 5.69 Å². The van der Waals surface area contributed by atoms with E-state index in [-0.39, 0.29) is 13.2 Å². The summed E-state index contributed by atoms with van der Waals surface area (Å²) in [6, 6.07) is 7.39. The third-order valence-corrected chi connectivity index (χ3v) is 1.95. The van der Waals surface area contributed by atoms with Gasteiger partial charge in [0.2, 0.25) is 0 Å². The van der Waals surface area contributed by atoms with E-state index in [9.17, 15) is 4.79 Å². The van der Waals surface area contributed by atoms with Crippen molar-refractivity contribution >= 4 is 17.5 Å². The highest BCUT2D eigenvalue weighted by Gasteiger charge is 2.07. The van der Waals surface area contributed by atoms with Gasteiger partial charge in [-0.05, 0) is 12.1 Å². The maximum Gasteiger partial charge on any atom is 0.411 e. The summed E-state index contributed by atoms with van der Waals surface area (Å²) in [4.78, 5) is 13.2. The van der Waals surface area contributed by atoms with Gasteiger partial charge < -0.3 is 14.7 Å². The van der Waals surface area contributed by atoms with E-state index >= 15 is 0 Å². The number of para-hydroxylation sites is 2. The minimum Gasteiger partial charge on any atom is -0.447 e. The fourth-order valence-electron chi connectivity index (χ4n) is 1.25. The van der Waals surface area contributed by atoms with Crippen LogP contribution < -0.4 is 10.2 Å². The van der Waals surface area contributed by atoms with Crippen molar-refractivity contribution in [2.45, 2.75) is 0 Å². The van der Waals surface area contributed by atoms with Gasteiger partial charge in [-0.2, -0.15) is 0 Å². The SMILES string of the molecule is CN(C)c1ccccc1NC(=O)OCCO. The number of aliphatic hydroxyl groups excluding tert-OH is 1. The van der Waals surface area contributed by atoms with Gasteiger partial charge in [-0.25, -0.2) is 4.79 Å². The van der Waals surface area contributed by atoms with E-state index in [1.165, 1.54) is 0 Å². The number of ether oxygens (including phenoxy) is 1. The molecule has 1 aromatic carbocycles. The molecule has 0 aromatic heterocycles. The van der Waals surface area contributed by atoms with E-state index in [1.54, 1.807) is 6.07 Å². The van der Waals surface area contributed by atoms with E-state index < -0.39 is 6.09 Å². The third-order valence-electron chi connectivity index (χ3n) is 1.95. The number of benzene rings is 1. The van der Waals surface area contributed by atoms with Gasteiger partial charge in [0.1, 0.15) is 6.61 Å². The fraction of sp³-hybridized carbons (Fsp3) is 0.364. The molecule has 1 aromatic rings. The molecule has 0 heterocycles. The molecule has 0 radical (unpaired) electrons. The highest BCUT2D eigenvalue weighted by Crippen LogP contribution is 2.23. The third kappa shape index (κ3) is 3.43. The number of amides is 1. The molecule has 88 valence electrons. The molecule has 0 unspecified atom stereocenters. The molecule has 5 nitrogen and oxygen atoms in total. The smallest absolute Gasteiger partial charge is 0.411 e. The van der Waals surface area contributed by atoms with Crippen molar-refractivity contribution < 1.29 is 14.6 Å². The van der Waals surface area contributed by atoms with Gasteiger partial charge in [-0.1, -0.05) is 12.1 Å². The Hall–Kier alpha value is -1.75. The summed E-state index contributed by atoms with van der Waals surface area (Å²) in [6.07, 6.45) is -0.566. The lowest BCUT2D eigenvalue weighted by molar-refractivity contribution is 0.131. The van der Waals surface area contributed by atoms with Crippen LogP contribution in [-0.2, 0) is 4.74 Å². The van der Waals surface area contributed by atoms with Gasteiger partial charge in [0.05, 0.1) is 18.0 Å². The van der Waals surface area contributed by atoms with Crippen LogP contribution in [0, 0.1) is 0 Å². The number of hydrogen-bond donors (Lipinski definition) is 2. The Morgan fingerprint density at radius 1 is 1.44 bits per heavy atom. The molecule has 0 saturated carbocycles. The number of aliphatic hydroxyl groups is 1. The second-order valence-corrected chi connectivity index (χ2v) is 3.40. The maximum atomic E-state index is 11.3. The Labute approximate surface area is 94.6 Å². The molecule has 0 saturated heterocycles. The van der Waals surface area contributed by atoms with Crippen LogP contribution in [0.15, 0.2) is 24.3 Å². The lowest BCUT2D eigenvalue weighted by atomic mass is 10.2. The Kier molecular flexibility index (Phi) is 4.60. The van der Waals surface area contributed by atoms with Crippen LogP contribution in [0.2, 0.25) is 0 Å². The van der Waals surface area contributed by atoms with Crippen LogP contribution in [0.5, 0.6) is 0 Å². The Balaban J connectivity index is 2.69. The summed E-state index contributed by atoms with van der Waals surface area (Å²) in [5, 5.41) is 11.1. The quantitative estimate of drug-likeness (QED) is 0.809. The first kappa shape index (κ1) is 12.3. The standard InChI is InChI=1S/C11H16N2O3/c1-13(2)10-6-4-3-5-9(10)12-11(15)16-8-7-14/h3-6,14H,7-8H2,1-2H3,(H,12,15). The van der Waals surface area contributed by atoms with Gasteiger partial charge in [0.15, 0.2) is 0 Å². The zero-order valence-electron chi connectivity index (χ0n) is 9.43. The lowest BCUT2D eigenvalue weighted by Crippen LogP contribution is -2.18. The molecule has 1 rings (SSSR count). The molecule has 0 atom stereocenters. The second kappa shape index (κ2) is 5.97. The lowest BCUT2D eigenvalue weighted by Gasteiger charge is -2.17. The Bertz CT molecular complexity index is 353. The summed E-state index contributed by atoms with van der Waals surface area (Å²) in [6.45, 7) is -0.182. The summed E-state index contributed by atoms with van der Waals surface area (Å²) < 4.78 is 4.71. The van der Waals surface area contributed by atoms with Crippen molar-refractivity contribution in [3.05, 3.63) is 24.3 Å². The molecular formula is C11H16N2O3. The average Bonchev–Trinajstić information content (AvgIpc) is 2.27. The minimum atomic E-state index is -0.566. The number of nitrogens with one attached hydrogen (secondary N) is 1. The molecule has 0 bridgehead atoms. The molecule has 0 fully saturated rings. The molecule has 0 spiro atoms. The van der Waals surface area contributed by atoms with Gasteiger partial charge in [0, 0.05) is 14.1 Å². The topological polar surface area (TPSA) is 61.8 Å². The molecule has 0 aliphatic heterocycles. The number of anilines is 2. The monoisotopic (exact) mass is 224 g/mol. The summed E-state index contributed by atoms with van der Waals surface area (Å²) in [7, 11) is 3.78. The van der Waals surface area contributed by atoms with Gasteiger partial charge in [0.25, 0.3) is 0 Å². The summed E-state index contributed by atoms with van der Waals surface area (Å²) >= 11 is 0. The Morgan fingerprint density at radius 2 is 2.12 bits per heavy atom. The van der Waals surface area contributed by atoms with Gasteiger partial charge in [-0.3, -0.25) is 5.32 Å². The maximum absolute atomic E-state index is 11.3. The first-order valence-corrected chi connectivity index (χ1v) is 4.96. The van der Waals surface area contributed by atoms with Crippen LogP contribution in [-0.4, -0.2) is 38.5 Å². The van der Waals surface area contributed by atoms with E-state index in [1.807, 2.05) is 37.2 Å². The fourth-order valence-corrected chi connectivity index (χ4v) is 1.25. The second-order valence-electron chi connectivity index (χ2n) is 3.40. The van der Waals surface area contributed by atoms with Crippen molar-refractivity contribution in [2.75, 3.05) is 37.5 Å². The van der Waals surface area contributed by atoms with Crippen LogP contribution in [0.3, 0.4) is 0 Å². The zero-order chi connectivity index (χ0) is 12.0. The number of carbonyl (C=O) groups excluding carboxylic acids is 1. The van der Waals surface area contributed by atoms with E-state index in [4.69, 9.17) is 9.84 Å². The molecular weight excluding hydrogens is 208 g/mol. The van der Waals surface area contributed by atoms with E-state index in [2.05, 4.69) is 5.32 Å². The summed E-state index contributed by atoms with van der Waals surface area (Å²) in [5.41, 5.74) is 1.57. The number of rotatable bonds is 4. The molecule has 0 aliphatic carbocycles. The highest BCUT2D eigenvalue weighted by molar-refractivity contribution is 5.89. The van der Waals surface area contributed by atoms with Crippen molar-refractivity contribution in [1.82, 2.24) is 0 Å². The Morgan fingerprint density at radius 3 is 2.75 bits per heavy atom. The number of nitrogens with zero attached hydrogens (tertiary/aromatic N) is 1. The number of carbonyl (C=O) groups is 1.